The van der Waals surface area contributed by atoms with Gasteiger partial charge < -0.3 is 14.7 Å². The molecule has 4 aromatic rings. The van der Waals surface area contributed by atoms with Crippen molar-refractivity contribution < 1.29 is 19.0 Å². The van der Waals surface area contributed by atoms with Gasteiger partial charge in [-0.15, -0.1) is 0 Å². The Bertz CT molecular complexity index is 1340. The second-order valence-corrected chi connectivity index (χ2v) is 8.34. The molecule has 0 amide bonds. The molecular formula is C26H21FN2O3S. The lowest BCUT2D eigenvalue weighted by Gasteiger charge is -2.22. The number of anilines is 1. The van der Waals surface area contributed by atoms with Crippen LogP contribution in [0.5, 0.6) is 5.75 Å². The number of nitrogens with zero attached hydrogens (tertiary/aromatic N) is 2. The molecule has 33 heavy (non-hydrogen) atoms. The zero-order chi connectivity index (χ0) is 23.2. The fraction of sp³-hybridized carbons (Fsp3) is 0.154. The highest BCUT2D eigenvalue weighted by Gasteiger charge is 2.15. The smallest absolute Gasteiger partial charge is 0.382 e. The van der Waals surface area contributed by atoms with Gasteiger partial charge in [0.1, 0.15) is 11.6 Å². The molecule has 0 spiro atoms. The molecule has 0 aliphatic carbocycles. The Labute approximate surface area is 195 Å². The highest BCUT2D eigenvalue weighted by molar-refractivity contribution is 7.22. The monoisotopic (exact) mass is 460 g/mol. The molecule has 1 heterocycles. The predicted octanol–water partition coefficient (Wildman–Crippen LogP) is 5.13. The van der Waals surface area contributed by atoms with E-state index in [1.54, 1.807) is 19.2 Å². The molecule has 166 valence electrons. The van der Waals surface area contributed by atoms with Crippen molar-refractivity contribution in [1.82, 2.24) is 4.98 Å². The first-order chi connectivity index (χ1) is 16.0. The van der Waals surface area contributed by atoms with Crippen molar-refractivity contribution in [2.24, 2.45) is 0 Å². The van der Waals surface area contributed by atoms with E-state index in [4.69, 9.17) is 9.84 Å². The first-order valence-electron chi connectivity index (χ1n) is 10.3. The fourth-order valence-electron chi connectivity index (χ4n) is 3.43. The first-order valence-corrected chi connectivity index (χ1v) is 11.1. The van der Waals surface area contributed by atoms with E-state index >= 15 is 0 Å². The van der Waals surface area contributed by atoms with Crippen molar-refractivity contribution in [2.45, 2.75) is 13.0 Å². The van der Waals surface area contributed by atoms with Crippen LogP contribution in [0.3, 0.4) is 0 Å². The summed E-state index contributed by atoms with van der Waals surface area (Å²) in [6, 6.07) is 20.3. The zero-order valence-electron chi connectivity index (χ0n) is 17.9. The Morgan fingerprint density at radius 3 is 2.64 bits per heavy atom. The van der Waals surface area contributed by atoms with Gasteiger partial charge in [0, 0.05) is 24.6 Å². The van der Waals surface area contributed by atoms with E-state index in [0.29, 0.717) is 28.9 Å². The topological polar surface area (TPSA) is 62.7 Å². The van der Waals surface area contributed by atoms with Crippen molar-refractivity contribution >= 4 is 32.7 Å². The summed E-state index contributed by atoms with van der Waals surface area (Å²) in [4.78, 5) is 17.5. The number of halogens is 1. The molecule has 7 heteroatoms. The van der Waals surface area contributed by atoms with E-state index < -0.39 is 5.97 Å². The standard InChI is InChI=1S/C26H21FN2O3S/c1-32-21-11-8-18(9-12-21)14-15-29(26-28-23-7-3-6-22(27)25(23)33-26)17-20-5-2-4-19(16-20)10-13-24(30)31/h2-9,11-12,16H,14-15,17H2,1H3,(H,30,31). The van der Waals surface area contributed by atoms with Crippen LogP contribution in [0.2, 0.25) is 0 Å². The lowest BCUT2D eigenvalue weighted by molar-refractivity contribution is -0.130. The molecule has 0 atom stereocenters. The number of fused-ring (bicyclic) bond motifs is 1. The van der Waals surface area contributed by atoms with Crippen LogP contribution in [0, 0.1) is 17.7 Å². The number of carbonyl (C=O) groups is 1. The molecule has 0 saturated heterocycles. The van der Waals surface area contributed by atoms with Gasteiger partial charge in [0.25, 0.3) is 0 Å². The molecule has 0 aliphatic rings. The van der Waals surface area contributed by atoms with Gasteiger partial charge >= 0.3 is 5.97 Å². The Morgan fingerprint density at radius 2 is 1.91 bits per heavy atom. The van der Waals surface area contributed by atoms with Gasteiger partial charge in [-0.25, -0.2) is 14.2 Å². The second-order valence-electron chi connectivity index (χ2n) is 7.36. The van der Waals surface area contributed by atoms with Crippen LogP contribution in [0.25, 0.3) is 10.2 Å². The predicted molar refractivity (Wildman–Crippen MR) is 128 cm³/mol. The van der Waals surface area contributed by atoms with E-state index in [1.807, 2.05) is 48.5 Å². The van der Waals surface area contributed by atoms with E-state index in [-0.39, 0.29) is 5.82 Å². The minimum Gasteiger partial charge on any atom is -0.497 e. The number of hydrogen-bond acceptors (Lipinski definition) is 5. The Morgan fingerprint density at radius 1 is 1.12 bits per heavy atom. The minimum absolute atomic E-state index is 0.280. The molecule has 0 radical (unpaired) electrons. The zero-order valence-corrected chi connectivity index (χ0v) is 18.7. The second kappa shape index (κ2) is 10.2. The third-order valence-corrected chi connectivity index (χ3v) is 6.21. The van der Waals surface area contributed by atoms with Crippen LogP contribution in [0.4, 0.5) is 9.52 Å². The average molecular weight is 461 g/mol. The number of hydrogen-bond donors (Lipinski definition) is 1. The van der Waals surface area contributed by atoms with Gasteiger partial charge in [-0.1, -0.05) is 47.6 Å². The van der Waals surface area contributed by atoms with Crippen LogP contribution in [0.15, 0.2) is 66.7 Å². The van der Waals surface area contributed by atoms with Crippen molar-refractivity contribution in [3.05, 3.63) is 89.2 Å². The third kappa shape index (κ3) is 5.68. The summed E-state index contributed by atoms with van der Waals surface area (Å²) in [5.41, 5.74) is 3.36. The number of rotatable bonds is 7. The number of aliphatic carboxylic acids is 1. The molecule has 1 aromatic heterocycles. The Kier molecular flexibility index (Phi) is 6.86. The van der Waals surface area contributed by atoms with Gasteiger partial charge in [0.15, 0.2) is 5.13 Å². The minimum atomic E-state index is -1.17. The Balaban J connectivity index is 1.61. The highest BCUT2D eigenvalue weighted by atomic mass is 32.1. The quantitative estimate of drug-likeness (QED) is 0.388. The maximum Gasteiger partial charge on any atom is 0.382 e. The summed E-state index contributed by atoms with van der Waals surface area (Å²) in [5.74, 6) is 4.15. The van der Waals surface area contributed by atoms with Gasteiger partial charge in [-0.3, -0.25) is 0 Å². The van der Waals surface area contributed by atoms with Crippen molar-refractivity contribution in [3.8, 4) is 17.6 Å². The number of methoxy groups -OCH3 is 1. The maximum atomic E-state index is 14.3. The average Bonchev–Trinajstić information content (AvgIpc) is 3.27. The highest BCUT2D eigenvalue weighted by Crippen LogP contribution is 2.31. The van der Waals surface area contributed by atoms with Crippen LogP contribution < -0.4 is 9.64 Å². The van der Waals surface area contributed by atoms with E-state index in [9.17, 15) is 9.18 Å². The molecule has 0 saturated carbocycles. The molecule has 0 bridgehead atoms. The summed E-state index contributed by atoms with van der Waals surface area (Å²) >= 11 is 1.32. The normalized spacial score (nSPS) is 10.5. The third-order valence-electron chi connectivity index (χ3n) is 5.07. The first kappa shape index (κ1) is 22.3. The summed E-state index contributed by atoms with van der Waals surface area (Å²) < 4.78 is 20.1. The fourth-order valence-corrected chi connectivity index (χ4v) is 4.43. The molecule has 0 aliphatic heterocycles. The summed E-state index contributed by atoms with van der Waals surface area (Å²) in [6.45, 7) is 1.19. The summed E-state index contributed by atoms with van der Waals surface area (Å²) in [5, 5.41) is 9.54. The van der Waals surface area contributed by atoms with E-state index in [0.717, 1.165) is 28.4 Å². The van der Waals surface area contributed by atoms with E-state index in [2.05, 4.69) is 21.7 Å². The molecule has 0 fully saturated rings. The molecule has 3 aromatic carbocycles. The summed E-state index contributed by atoms with van der Waals surface area (Å²) in [7, 11) is 1.64. The largest absolute Gasteiger partial charge is 0.497 e. The number of aromatic nitrogens is 1. The van der Waals surface area contributed by atoms with Crippen LogP contribution >= 0.6 is 11.3 Å². The van der Waals surface area contributed by atoms with Crippen molar-refractivity contribution in [1.29, 1.82) is 0 Å². The van der Waals surface area contributed by atoms with Gasteiger partial charge in [-0.05, 0) is 53.9 Å². The molecule has 4 rings (SSSR count). The maximum absolute atomic E-state index is 14.3. The van der Waals surface area contributed by atoms with Gasteiger partial charge in [-0.2, -0.15) is 0 Å². The number of ether oxygens (including phenoxy) is 1. The molecule has 0 unspecified atom stereocenters. The SMILES string of the molecule is COc1ccc(CCN(Cc2cccc(C#CC(=O)O)c2)c2nc3cccc(F)c3s2)cc1. The van der Waals surface area contributed by atoms with Crippen LogP contribution in [-0.2, 0) is 17.8 Å². The number of carboxylic acids is 1. The number of benzene rings is 3. The molecular weight excluding hydrogens is 439 g/mol. The lowest BCUT2D eigenvalue weighted by Crippen LogP contribution is -2.25. The van der Waals surface area contributed by atoms with Gasteiger partial charge in [0.05, 0.1) is 17.3 Å². The molecule has 5 nitrogen and oxygen atoms in total. The number of thiazole rings is 1. The van der Waals surface area contributed by atoms with Crippen molar-refractivity contribution in [2.75, 3.05) is 18.6 Å². The summed E-state index contributed by atoms with van der Waals surface area (Å²) in [6.07, 6.45) is 0.765. The van der Waals surface area contributed by atoms with Crippen molar-refractivity contribution in [3.63, 3.8) is 0 Å². The van der Waals surface area contributed by atoms with Crippen LogP contribution in [-0.4, -0.2) is 29.7 Å². The number of carboxylic acid groups (broad SMARTS) is 1. The molecule has 1 N–H and O–H groups in total. The Hall–Kier alpha value is -3.89. The van der Waals surface area contributed by atoms with E-state index in [1.165, 1.54) is 17.4 Å². The lowest BCUT2D eigenvalue weighted by atomic mass is 10.1. The van der Waals surface area contributed by atoms with Gasteiger partial charge in [0.2, 0.25) is 0 Å². The van der Waals surface area contributed by atoms with Crippen LogP contribution in [0.1, 0.15) is 16.7 Å².